The zero-order valence-corrected chi connectivity index (χ0v) is 10.4. The van der Waals surface area contributed by atoms with Crippen LogP contribution in [0.2, 0.25) is 0 Å². The predicted molar refractivity (Wildman–Crippen MR) is 65.5 cm³/mol. The lowest BCUT2D eigenvalue weighted by Gasteiger charge is -2.30. The Balaban J connectivity index is 2.12. The summed E-state index contributed by atoms with van der Waals surface area (Å²) >= 11 is 1.46. The highest BCUT2D eigenvalue weighted by atomic mass is 32.1. The Hall–Kier alpha value is -0.940. The highest BCUT2D eigenvalue weighted by Crippen LogP contribution is 2.35. The first kappa shape index (κ1) is 11.5. The van der Waals surface area contributed by atoms with Crippen LogP contribution in [-0.4, -0.2) is 24.0 Å². The number of amides is 1. The molecule has 1 aromatic heterocycles. The summed E-state index contributed by atoms with van der Waals surface area (Å²) in [7, 11) is 0. The normalized spacial score (nSPS) is 24.9. The van der Waals surface area contributed by atoms with Gasteiger partial charge in [-0.1, -0.05) is 13.8 Å². The maximum atomic E-state index is 12.3. The van der Waals surface area contributed by atoms with Gasteiger partial charge in [0.2, 0.25) is 5.91 Å². The highest BCUT2D eigenvalue weighted by molar-refractivity contribution is 7.13. The SMILES string of the molecule is CC(C)C1(C(=O)Nc2nccs2)CCNC1. The molecule has 16 heavy (non-hydrogen) atoms. The van der Waals surface area contributed by atoms with E-state index in [4.69, 9.17) is 0 Å². The van der Waals surface area contributed by atoms with E-state index in [2.05, 4.69) is 29.5 Å². The van der Waals surface area contributed by atoms with Gasteiger partial charge in [-0.25, -0.2) is 4.98 Å². The molecule has 0 aliphatic carbocycles. The largest absolute Gasteiger partial charge is 0.316 e. The third kappa shape index (κ3) is 1.97. The maximum Gasteiger partial charge on any atom is 0.233 e. The standard InChI is InChI=1S/C11H17N3OS/c1-8(2)11(3-4-12-7-11)9(15)14-10-13-5-6-16-10/h5-6,8,12H,3-4,7H2,1-2H3,(H,13,14,15). The number of thiazole rings is 1. The van der Waals surface area contributed by atoms with Gasteiger partial charge in [0.25, 0.3) is 0 Å². The Bertz CT molecular complexity index is 355. The molecule has 1 fully saturated rings. The van der Waals surface area contributed by atoms with Gasteiger partial charge in [0.05, 0.1) is 5.41 Å². The quantitative estimate of drug-likeness (QED) is 0.844. The zero-order valence-electron chi connectivity index (χ0n) is 9.62. The summed E-state index contributed by atoms with van der Waals surface area (Å²) in [5, 5.41) is 8.75. The molecule has 5 heteroatoms. The third-order valence-electron chi connectivity index (χ3n) is 3.40. The van der Waals surface area contributed by atoms with E-state index in [0.29, 0.717) is 11.0 Å². The first-order valence-electron chi connectivity index (χ1n) is 5.57. The molecule has 0 spiro atoms. The average molecular weight is 239 g/mol. The van der Waals surface area contributed by atoms with E-state index in [1.54, 1.807) is 6.20 Å². The second-order valence-corrected chi connectivity index (χ2v) is 5.42. The molecule has 1 aliphatic rings. The Kier molecular flexibility index (Phi) is 3.25. The zero-order chi connectivity index (χ0) is 11.6. The molecule has 4 nitrogen and oxygen atoms in total. The number of nitrogens with one attached hydrogen (secondary N) is 2. The van der Waals surface area contributed by atoms with Crippen LogP contribution in [0.5, 0.6) is 0 Å². The Morgan fingerprint density at radius 1 is 1.69 bits per heavy atom. The van der Waals surface area contributed by atoms with Crippen molar-refractivity contribution >= 4 is 22.4 Å². The molecule has 2 heterocycles. The van der Waals surface area contributed by atoms with E-state index < -0.39 is 0 Å². The summed E-state index contributed by atoms with van der Waals surface area (Å²) in [6, 6.07) is 0. The van der Waals surface area contributed by atoms with Crippen molar-refractivity contribution in [1.82, 2.24) is 10.3 Å². The minimum atomic E-state index is -0.272. The summed E-state index contributed by atoms with van der Waals surface area (Å²) in [4.78, 5) is 16.4. The van der Waals surface area contributed by atoms with Gasteiger partial charge in [-0.05, 0) is 18.9 Å². The molecule has 1 unspecified atom stereocenters. The number of carbonyl (C=O) groups is 1. The van der Waals surface area contributed by atoms with Crippen LogP contribution in [0.15, 0.2) is 11.6 Å². The number of hydrogen-bond donors (Lipinski definition) is 2. The molecule has 1 atom stereocenters. The second-order valence-electron chi connectivity index (χ2n) is 4.53. The molecule has 0 saturated carbocycles. The van der Waals surface area contributed by atoms with Crippen LogP contribution < -0.4 is 10.6 Å². The van der Waals surface area contributed by atoms with Crippen LogP contribution in [0.1, 0.15) is 20.3 Å². The van der Waals surface area contributed by atoms with Crippen LogP contribution in [-0.2, 0) is 4.79 Å². The molecule has 0 radical (unpaired) electrons. The lowest BCUT2D eigenvalue weighted by molar-refractivity contribution is -0.126. The number of hydrogen-bond acceptors (Lipinski definition) is 4. The molecule has 1 aromatic rings. The van der Waals surface area contributed by atoms with Crippen LogP contribution in [0.3, 0.4) is 0 Å². The van der Waals surface area contributed by atoms with E-state index in [1.807, 2.05) is 5.38 Å². The van der Waals surface area contributed by atoms with Crippen molar-refractivity contribution in [2.24, 2.45) is 11.3 Å². The maximum absolute atomic E-state index is 12.3. The second kappa shape index (κ2) is 4.51. The Morgan fingerprint density at radius 3 is 3.00 bits per heavy atom. The Morgan fingerprint density at radius 2 is 2.50 bits per heavy atom. The van der Waals surface area contributed by atoms with Crippen LogP contribution in [0.4, 0.5) is 5.13 Å². The first-order chi connectivity index (χ1) is 7.65. The van der Waals surface area contributed by atoms with Gasteiger partial charge in [-0.15, -0.1) is 11.3 Å². The summed E-state index contributed by atoms with van der Waals surface area (Å²) in [6.45, 7) is 5.90. The number of anilines is 1. The van der Waals surface area contributed by atoms with Crippen LogP contribution in [0.25, 0.3) is 0 Å². The monoisotopic (exact) mass is 239 g/mol. The van der Waals surface area contributed by atoms with Gasteiger partial charge in [-0.2, -0.15) is 0 Å². The van der Waals surface area contributed by atoms with Crippen molar-refractivity contribution < 1.29 is 4.79 Å². The van der Waals surface area contributed by atoms with Crippen molar-refractivity contribution in [3.05, 3.63) is 11.6 Å². The van der Waals surface area contributed by atoms with Crippen molar-refractivity contribution in [3.8, 4) is 0 Å². The number of nitrogens with zero attached hydrogens (tertiary/aromatic N) is 1. The molecular formula is C11H17N3OS. The highest BCUT2D eigenvalue weighted by Gasteiger charge is 2.44. The fraction of sp³-hybridized carbons (Fsp3) is 0.636. The van der Waals surface area contributed by atoms with Gasteiger partial charge in [0.15, 0.2) is 5.13 Å². The van der Waals surface area contributed by atoms with E-state index in [1.165, 1.54) is 11.3 Å². The van der Waals surface area contributed by atoms with Gasteiger partial charge >= 0.3 is 0 Å². The minimum absolute atomic E-state index is 0.0995. The summed E-state index contributed by atoms with van der Waals surface area (Å²) in [5.74, 6) is 0.435. The van der Waals surface area contributed by atoms with Gasteiger partial charge < -0.3 is 10.6 Å². The molecule has 1 amide bonds. The lowest BCUT2D eigenvalue weighted by atomic mass is 9.75. The fourth-order valence-corrected chi connectivity index (χ4v) is 2.69. The molecule has 0 aromatic carbocycles. The number of aromatic nitrogens is 1. The first-order valence-corrected chi connectivity index (χ1v) is 6.45. The van der Waals surface area contributed by atoms with Crippen LogP contribution in [0, 0.1) is 11.3 Å². The summed E-state index contributed by atoms with van der Waals surface area (Å²) in [5.41, 5.74) is -0.272. The Labute approximate surface area is 99.5 Å². The number of carbonyl (C=O) groups excluding carboxylic acids is 1. The topological polar surface area (TPSA) is 54.0 Å². The van der Waals surface area contributed by atoms with Gasteiger partial charge in [0.1, 0.15) is 0 Å². The van der Waals surface area contributed by atoms with Crippen molar-refractivity contribution in [2.45, 2.75) is 20.3 Å². The van der Waals surface area contributed by atoms with E-state index in [-0.39, 0.29) is 11.3 Å². The molecular weight excluding hydrogens is 222 g/mol. The summed E-state index contributed by atoms with van der Waals surface area (Å²) < 4.78 is 0. The summed E-state index contributed by atoms with van der Waals surface area (Å²) in [6.07, 6.45) is 2.61. The van der Waals surface area contributed by atoms with Gasteiger partial charge in [0, 0.05) is 18.1 Å². The van der Waals surface area contributed by atoms with Crippen LogP contribution >= 0.6 is 11.3 Å². The molecule has 1 saturated heterocycles. The third-order valence-corrected chi connectivity index (χ3v) is 4.09. The van der Waals surface area contributed by atoms with Gasteiger partial charge in [-0.3, -0.25) is 4.79 Å². The van der Waals surface area contributed by atoms with E-state index >= 15 is 0 Å². The lowest BCUT2D eigenvalue weighted by Crippen LogP contribution is -2.42. The predicted octanol–water partition coefficient (Wildman–Crippen LogP) is 1.72. The molecule has 2 rings (SSSR count). The smallest absolute Gasteiger partial charge is 0.233 e. The number of rotatable bonds is 3. The minimum Gasteiger partial charge on any atom is -0.316 e. The molecule has 88 valence electrons. The van der Waals surface area contributed by atoms with Crippen molar-refractivity contribution in [1.29, 1.82) is 0 Å². The van der Waals surface area contributed by atoms with Crippen molar-refractivity contribution in [3.63, 3.8) is 0 Å². The fourth-order valence-electron chi connectivity index (χ4n) is 2.17. The average Bonchev–Trinajstić information content (AvgIpc) is 2.87. The van der Waals surface area contributed by atoms with Crippen molar-refractivity contribution in [2.75, 3.05) is 18.4 Å². The van der Waals surface area contributed by atoms with E-state index in [9.17, 15) is 4.79 Å². The molecule has 1 aliphatic heterocycles. The molecule has 2 N–H and O–H groups in total. The van der Waals surface area contributed by atoms with E-state index in [0.717, 1.165) is 19.5 Å². The molecule has 0 bridgehead atoms.